The van der Waals surface area contributed by atoms with E-state index in [-0.39, 0.29) is 23.5 Å². The van der Waals surface area contributed by atoms with Crippen LogP contribution < -0.4 is 5.32 Å². The van der Waals surface area contributed by atoms with Gasteiger partial charge >= 0.3 is 0 Å². The highest BCUT2D eigenvalue weighted by molar-refractivity contribution is 7.89. The van der Waals surface area contributed by atoms with Crippen LogP contribution in [0.15, 0.2) is 77.7 Å². The van der Waals surface area contributed by atoms with Gasteiger partial charge in [0, 0.05) is 18.7 Å². The Balaban J connectivity index is 1.74. The topological polar surface area (TPSA) is 66.5 Å². The van der Waals surface area contributed by atoms with Gasteiger partial charge < -0.3 is 5.32 Å². The normalized spacial score (nSPS) is 11.5. The molecule has 1 N–H and O–H groups in total. The molecule has 1 amide bonds. The van der Waals surface area contributed by atoms with Crippen LogP contribution in [0.3, 0.4) is 0 Å². The van der Waals surface area contributed by atoms with Crippen LogP contribution >= 0.6 is 0 Å². The molecule has 0 saturated heterocycles. The molecule has 0 aliphatic heterocycles. The van der Waals surface area contributed by atoms with Gasteiger partial charge in [0.15, 0.2) is 0 Å². The van der Waals surface area contributed by atoms with Crippen LogP contribution in [0.25, 0.3) is 0 Å². The summed E-state index contributed by atoms with van der Waals surface area (Å²) < 4.78 is 54.3. The fraction of sp³-hybridized carbons (Fsp3) is 0.136. The molecule has 0 heterocycles. The SMILES string of the molecule is CCN(Cc1ccc(C(=O)Nc2c(F)cccc2F)cc1)S(=O)(=O)c1ccccc1. The lowest BCUT2D eigenvalue weighted by atomic mass is 10.1. The van der Waals surface area contributed by atoms with E-state index in [0.717, 1.165) is 12.1 Å². The smallest absolute Gasteiger partial charge is 0.255 e. The van der Waals surface area contributed by atoms with Gasteiger partial charge in [-0.1, -0.05) is 43.3 Å². The highest BCUT2D eigenvalue weighted by atomic mass is 32.2. The minimum Gasteiger partial charge on any atom is -0.317 e. The van der Waals surface area contributed by atoms with Crippen molar-refractivity contribution in [1.82, 2.24) is 4.31 Å². The predicted molar refractivity (Wildman–Crippen MR) is 110 cm³/mol. The van der Waals surface area contributed by atoms with Crippen molar-refractivity contribution in [3.8, 4) is 0 Å². The molecule has 0 fully saturated rings. The molecule has 0 unspecified atom stereocenters. The molecule has 0 aliphatic rings. The van der Waals surface area contributed by atoms with Crippen LogP contribution in [0.2, 0.25) is 0 Å². The van der Waals surface area contributed by atoms with E-state index in [4.69, 9.17) is 0 Å². The Hall–Kier alpha value is -3.10. The Labute approximate surface area is 174 Å². The molecule has 0 bridgehead atoms. The van der Waals surface area contributed by atoms with Gasteiger partial charge in [-0.15, -0.1) is 0 Å². The monoisotopic (exact) mass is 430 g/mol. The van der Waals surface area contributed by atoms with E-state index in [1.165, 1.54) is 34.6 Å². The largest absolute Gasteiger partial charge is 0.317 e. The second-order valence-electron chi connectivity index (χ2n) is 6.49. The second kappa shape index (κ2) is 9.15. The van der Waals surface area contributed by atoms with E-state index in [2.05, 4.69) is 5.32 Å². The number of para-hydroxylation sites is 1. The summed E-state index contributed by atoms with van der Waals surface area (Å²) in [6.07, 6.45) is 0. The van der Waals surface area contributed by atoms with Crippen molar-refractivity contribution in [3.05, 3.63) is 95.6 Å². The highest BCUT2D eigenvalue weighted by Crippen LogP contribution is 2.20. The number of hydrogen-bond acceptors (Lipinski definition) is 3. The summed E-state index contributed by atoms with van der Waals surface area (Å²) in [6, 6.07) is 17.6. The molecule has 3 rings (SSSR count). The molecule has 156 valence electrons. The average Bonchev–Trinajstić information content (AvgIpc) is 2.75. The Kier molecular flexibility index (Phi) is 6.59. The van der Waals surface area contributed by atoms with Gasteiger partial charge in [-0.05, 0) is 42.0 Å². The number of hydrogen-bond donors (Lipinski definition) is 1. The Morgan fingerprint density at radius 2 is 1.50 bits per heavy atom. The summed E-state index contributed by atoms with van der Waals surface area (Å²) in [5.74, 6) is -2.41. The van der Waals surface area contributed by atoms with Crippen LogP contribution in [-0.4, -0.2) is 25.2 Å². The van der Waals surface area contributed by atoms with E-state index >= 15 is 0 Å². The van der Waals surface area contributed by atoms with E-state index in [1.54, 1.807) is 37.3 Å². The first-order chi connectivity index (χ1) is 14.3. The number of carbonyl (C=O) groups excluding carboxylic acids is 1. The number of amides is 1. The Bertz CT molecular complexity index is 1110. The summed E-state index contributed by atoms with van der Waals surface area (Å²) in [4.78, 5) is 12.5. The quantitative estimate of drug-likeness (QED) is 0.603. The molecular formula is C22H20F2N2O3S. The van der Waals surface area contributed by atoms with Gasteiger partial charge in [-0.25, -0.2) is 17.2 Å². The summed E-state index contributed by atoms with van der Waals surface area (Å²) in [5.41, 5.74) is 0.345. The molecule has 0 aromatic heterocycles. The number of nitrogens with zero attached hydrogens (tertiary/aromatic N) is 1. The predicted octanol–water partition coefficient (Wildman–Crippen LogP) is 4.43. The maximum absolute atomic E-state index is 13.7. The average molecular weight is 430 g/mol. The lowest BCUT2D eigenvalue weighted by Crippen LogP contribution is -2.30. The number of halogens is 2. The zero-order chi connectivity index (χ0) is 21.7. The van der Waals surface area contributed by atoms with Crippen molar-refractivity contribution in [3.63, 3.8) is 0 Å². The van der Waals surface area contributed by atoms with Crippen LogP contribution in [0.4, 0.5) is 14.5 Å². The molecule has 0 saturated carbocycles. The summed E-state index contributed by atoms with van der Waals surface area (Å²) in [5, 5.41) is 2.22. The number of carbonyl (C=O) groups is 1. The molecule has 3 aromatic carbocycles. The van der Waals surface area contributed by atoms with Gasteiger partial charge in [0.2, 0.25) is 10.0 Å². The van der Waals surface area contributed by atoms with Crippen LogP contribution in [-0.2, 0) is 16.6 Å². The fourth-order valence-corrected chi connectivity index (χ4v) is 4.33. The van der Waals surface area contributed by atoms with Crippen molar-refractivity contribution in [2.75, 3.05) is 11.9 Å². The first kappa shape index (κ1) is 21.6. The number of nitrogens with one attached hydrogen (secondary N) is 1. The minimum atomic E-state index is -3.66. The third-order valence-electron chi connectivity index (χ3n) is 4.51. The fourth-order valence-electron chi connectivity index (χ4n) is 2.88. The molecule has 30 heavy (non-hydrogen) atoms. The van der Waals surface area contributed by atoms with E-state index in [0.29, 0.717) is 5.56 Å². The zero-order valence-electron chi connectivity index (χ0n) is 16.2. The third kappa shape index (κ3) is 4.72. The van der Waals surface area contributed by atoms with Crippen LogP contribution in [0.1, 0.15) is 22.8 Å². The Morgan fingerprint density at radius 3 is 2.07 bits per heavy atom. The summed E-state index contributed by atoms with van der Waals surface area (Å²) >= 11 is 0. The van der Waals surface area contributed by atoms with Crippen molar-refractivity contribution < 1.29 is 22.0 Å². The minimum absolute atomic E-state index is 0.123. The van der Waals surface area contributed by atoms with E-state index in [1.807, 2.05) is 0 Å². The molecule has 5 nitrogen and oxygen atoms in total. The van der Waals surface area contributed by atoms with Crippen molar-refractivity contribution in [1.29, 1.82) is 0 Å². The van der Waals surface area contributed by atoms with Crippen LogP contribution in [0.5, 0.6) is 0 Å². The lowest BCUT2D eigenvalue weighted by molar-refractivity contribution is 0.102. The number of anilines is 1. The maximum Gasteiger partial charge on any atom is 0.255 e. The zero-order valence-corrected chi connectivity index (χ0v) is 17.0. The number of benzene rings is 3. The number of rotatable bonds is 7. The molecule has 0 atom stereocenters. The van der Waals surface area contributed by atoms with Crippen molar-refractivity contribution >= 4 is 21.6 Å². The molecule has 3 aromatic rings. The van der Waals surface area contributed by atoms with Crippen molar-refractivity contribution in [2.24, 2.45) is 0 Å². The van der Waals surface area contributed by atoms with Gasteiger partial charge in [0.05, 0.1) is 4.90 Å². The van der Waals surface area contributed by atoms with Crippen molar-refractivity contribution in [2.45, 2.75) is 18.4 Å². The molecule has 0 spiro atoms. The van der Waals surface area contributed by atoms with E-state index in [9.17, 15) is 22.0 Å². The third-order valence-corrected chi connectivity index (χ3v) is 6.45. The molecule has 8 heteroatoms. The van der Waals surface area contributed by atoms with Gasteiger partial charge in [0.25, 0.3) is 5.91 Å². The number of sulfonamides is 1. The van der Waals surface area contributed by atoms with Gasteiger partial charge in [0.1, 0.15) is 17.3 Å². The van der Waals surface area contributed by atoms with Gasteiger partial charge in [-0.2, -0.15) is 4.31 Å². The first-order valence-electron chi connectivity index (χ1n) is 9.22. The highest BCUT2D eigenvalue weighted by Gasteiger charge is 2.23. The second-order valence-corrected chi connectivity index (χ2v) is 8.43. The molecule has 0 radical (unpaired) electrons. The standard InChI is InChI=1S/C22H20F2N2O3S/c1-2-26(30(28,29)18-7-4-3-5-8-18)15-16-11-13-17(14-12-16)22(27)25-21-19(23)9-6-10-20(21)24/h3-14H,2,15H2,1H3,(H,25,27). The van der Waals surface area contributed by atoms with E-state index < -0.39 is 33.3 Å². The summed E-state index contributed by atoms with van der Waals surface area (Å²) in [6.45, 7) is 2.13. The lowest BCUT2D eigenvalue weighted by Gasteiger charge is -2.20. The molecule has 0 aliphatic carbocycles. The Morgan fingerprint density at radius 1 is 0.900 bits per heavy atom. The maximum atomic E-state index is 13.7. The first-order valence-corrected chi connectivity index (χ1v) is 10.7. The van der Waals surface area contributed by atoms with Crippen LogP contribution in [0, 0.1) is 11.6 Å². The molecular weight excluding hydrogens is 410 g/mol. The summed E-state index contributed by atoms with van der Waals surface area (Å²) in [7, 11) is -3.66. The van der Waals surface area contributed by atoms with Gasteiger partial charge in [-0.3, -0.25) is 4.79 Å².